The smallest absolute Gasteiger partial charge is 0.0317 e. The van der Waals surface area contributed by atoms with E-state index in [1.54, 1.807) is 0 Å². The van der Waals surface area contributed by atoms with Crippen molar-refractivity contribution in [2.45, 2.75) is 57.9 Å². The molecule has 1 aliphatic carbocycles. The van der Waals surface area contributed by atoms with Gasteiger partial charge in [0.15, 0.2) is 0 Å². The molecule has 19 heavy (non-hydrogen) atoms. The molecular weight excluding hydrogens is 230 g/mol. The van der Waals surface area contributed by atoms with Crippen molar-refractivity contribution in [3.8, 4) is 0 Å². The van der Waals surface area contributed by atoms with Gasteiger partial charge in [-0.05, 0) is 37.3 Å². The van der Waals surface area contributed by atoms with Crippen molar-refractivity contribution in [3.63, 3.8) is 0 Å². The van der Waals surface area contributed by atoms with Crippen LogP contribution in [-0.2, 0) is 0 Å². The highest BCUT2D eigenvalue weighted by molar-refractivity contribution is 5.18. The molecule has 1 fully saturated rings. The summed E-state index contributed by atoms with van der Waals surface area (Å²) in [7, 11) is 2.09. The van der Waals surface area contributed by atoms with Gasteiger partial charge in [-0.1, -0.05) is 69.4 Å². The fraction of sp³-hybridized carbons (Fsp3) is 0.667. The first-order chi connectivity index (χ1) is 9.33. The van der Waals surface area contributed by atoms with E-state index in [2.05, 4.69) is 49.6 Å². The molecule has 1 unspecified atom stereocenters. The average Bonchev–Trinajstić information content (AvgIpc) is 2.49. The van der Waals surface area contributed by atoms with Crippen LogP contribution >= 0.6 is 0 Å². The second kappa shape index (κ2) is 7.69. The lowest BCUT2D eigenvalue weighted by Crippen LogP contribution is -2.19. The summed E-state index contributed by atoms with van der Waals surface area (Å²) in [5.41, 5.74) is 1.44. The number of nitrogens with one attached hydrogen (secondary N) is 1. The van der Waals surface area contributed by atoms with E-state index in [-0.39, 0.29) is 0 Å². The van der Waals surface area contributed by atoms with Crippen LogP contribution in [0.25, 0.3) is 0 Å². The van der Waals surface area contributed by atoms with Crippen molar-refractivity contribution in [2.75, 3.05) is 7.05 Å². The summed E-state index contributed by atoms with van der Waals surface area (Å²) in [5, 5.41) is 3.48. The van der Waals surface area contributed by atoms with Crippen molar-refractivity contribution in [3.05, 3.63) is 35.9 Å². The maximum Gasteiger partial charge on any atom is 0.0317 e. The second-order valence-electron chi connectivity index (χ2n) is 6.12. The SMILES string of the molecule is CCC1CCC(CCC(NC)c2ccccc2)CC1. The van der Waals surface area contributed by atoms with Gasteiger partial charge >= 0.3 is 0 Å². The summed E-state index contributed by atoms with van der Waals surface area (Å²) in [6.45, 7) is 2.34. The standard InChI is InChI=1S/C18H29N/c1-3-15-9-11-16(12-10-15)13-14-18(19-2)17-7-5-4-6-8-17/h4-8,15-16,18-19H,3,9-14H2,1-2H3. The molecule has 1 heteroatoms. The summed E-state index contributed by atoms with van der Waals surface area (Å²) < 4.78 is 0. The maximum absolute atomic E-state index is 3.48. The molecule has 1 aromatic carbocycles. The first-order valence-electron chi connectivity index (χ1n) is 8.05. The van der Waals surface area contributed by atoms with Gasteiger partial charge in [0, 0.05) is 6.04 Å². The number of hydrogen-bond acceptors (Lipinski definition) is 1. The molecular formula is C18H29N. The molecule has 2 rings (SSSR count). The zero-order chi connectivity index (χ0) is 13.5. The molecule has 1 N–H and O–H groups in total. The molecule has 0 aliphatic heterocycles. The van der Waals surface area contributed by atoms with Crippen molar-refractivity contribution in [1.29, 1.82) is 0 Å². The Hall–Kier alpha value is -0.820. The Labute approximate surface area is 118 Å². The van der Waals surface area contributed by atoms with E-state index in [1.165, 1.54) is 50.5 Å². The van der Waals surface area contributed by atoms with E-state index >= 15 is 0 Å². The fourth-order valence-corrected chi connectivity index (χ4v) is 3.49. The molecule has 1 saturated carbocycles. The third-order valence-electron chi connectivity index (χ3n) is 4.96. The lowest BCUT2D eigenvalue weighted by molar-refractivity contribution is 0.249. The van der Waals surface area contributed by atoms with Crippen LogP contribution in [0.5, 0.6) is 0 Å². The van der Waals surface area contributed by atoms with Crippen molar-refractivity contribution < 1.29 is 0 Å². The molecule has 0 amide bonds. The number of rotatable bonds is 6. The first-order valence-corrected chi connectivity index (χ1v) is 8.05. The van der Waals surface area contributed by atoms with E-state index in [1.807, 2.05) is 0 Å². The van der Waals surface area contributed by atoms with Gasteiger partial charge in [-0.3, -0.25) is 0 Å². The van der Waals surface area contributed by atoms with Crippen molar-refractivity contribution in [2.24, 2.45) is 11.8 Å². The second-order valence-corrected chi connectivity index (χ2v) is 6.12. The van der Waals surface area contributed by atoms with Gasteiger partial charge in [0.2, 0.25) is 0 Å². The summed E-state index contributed by atoms with van der Waals surface area (Å²) >= 11 is 0. The Bertz CT molecular complexity index is 338. The summed E-state index contributed by atoms with van der Waals surface area (Å²) in [5.74, 6) is 1.99. The molecule has 0 saturated heterocycles. The van der Waals surface area contributed by atoms with Crippen LogP contribution in [0.15, 0.2) is 30.3 Å². The van der Waals surface area contributed by atoms with Crippen LogP contribution < -0.4 is 5.32 Å². The number of hydrogen-bond donors (Lipinski definition) is 1. The summed E-state index contributed by atoms with van der Waals surface area (Å²) in [4.78, 5) is 0. The molecule has 1 aliphatic rings. The van der Waals surface area contributed by atoms with Crippen LogP contribution in [0.2, 0.25) is 0 Å². The topological polar surface area (TPSA) is 12.0 Å². The zero-order valence-corrected chi connectivity index (χ0v) is 12.6. The van der Waals surface area contributed by atoms with Crippen LogP contribution in [0.3, 0.4) is 0 Å². The number of benzene rings is 1. The van der Waals surface area contributed by atoms with E-state index in [9.17, 15) is 0 Å². The summed E-state index contributed by atoms with van der Waals surface area (Å²) in [6, 6.07) is 11.4. The lowest BCUT2D eigenvalue weighted by atomic mass is 9.78. The Balaban J connectivity index is 1.78. The largest absolute Gasteiger partial charge is 0.313 e. The monoisotopic (exact) mass is 259 g/mol. The van der Waals surface area contributed by atoms with E-state index in [0.717, 1.165) is 11.8 Å². The molecule has 1 aromatic rings. The quantitative estimate of drug-likeness (QED) is 0.762. The minimum absolute atomic E-state index is 0.532. The van der Waals surface area contributed by atoms with Gasteiger partial charge in [0.1, 0.15) is 0 Å². The highest BCUT2D eigenvalue weighted by atomic mass is 14.9. The van der Waals surface area contributed by atoms with Gasteiger partial charge in [0.25, 0.3) is 0 Å². The highest BCUT2D eigenvalue weighted by Gasteiger charge is 2.20. The van der Waals surface area contributed by atoms with E-state index in [4.69, 9.17) is 0 Å². The average molecular weight is 259 g/mol. The molecule has 106 valence electrons. The minimum atomic E-state index is 0.532. The van der Waals surface area contributed by atoms with Crippen molar-refractivity contribution >= 4 is 0 Å². The Morgan fingerprint density at radius 1 is 1.05 bits per heavy atom. The van der Waals surface area contributed by atoms with E-state index < -0.39 is 0 Å². The zero-order valence-electron chi connectivity index (χ0n) is 12.6. The van der Waals surface area contributed by atoms with Gasteiger partial charge < -0.3 is 5.32 Å². The normalized spacial score (nSPS) is 25.2. The third kappa shape index (κ3) is 4.35. The van der Waals surface area contributed by atoms with Crippen LogP contribution in [0, 0.1) is 11.8 Å². The van der Waals surface area contributed by atoms with Crippen LogP contribution in [-0.4, -0.2) is 7.05 Å². The maximum atomic E-state index is 3.48. The van der Waals surface area contributed by atoms with Gasteiger partial charge in [0.05, 0.1) is 0 Å². The van der Waals surface area contributed by atoms with Crippen LogP contribution in [0.4, 0.5) is 0 Å². The molecule has 0 aromatic heterocycles. The molecule has 1 nitrogen and oxygen atoms in total. The van der Waals surface area contributed by atoms with Gasteiger partial charge in [-0.2, -0.15) is 0 Å². The predicted molar refractivity (Wildman–Crippen MR) is 83.2 cm³/mol. The first kappa shape index (κ1) is 14.6. The Morgan fingerprint density at radius 2 is 1.68 bits per heavy atom. The fourth-order valence-electron chi connectivity index (χ4n) is 3.49. The van der Waals surface area contributed by atoms with Gasteiger partial charge in [-0.25, -0.2) is 0 Å². The highest BCUT2D eigenvalue weighted by Crippen LogP contribution is 2.34. The lowest BCUT2D eigenvalue weighted by Gasteiger charge is -2.29. The molecule has 0 radical (unpaired) electrons. The Kier molecular flexibility index (Phi) is 5.91. The van der Waals surface area contributed by atoms with E-state index in [0.29, 0.717) is 6.04 Å². The summed E-state index contributed by atoms with van der Waals surface area (Å²) in [6.07, 6.45) is 9.91. The Morgan fingerprint density at radius 3 is 2.26 bits per heavy atom. The van der Waals surface area contributed by atoms with Crippen molar-refractivity contribution in [1.82, 2.24) is 5.32 Å². The third-order valence-corrected chi connectivity index (χ3v) is 4.96. The van der Waals surface area contributed by atoms with Gasteiger partial charge in [-0.15, -0.1) is 0 Å². The van der Waals surface area contributed by atoms with Crippen LogP contribution in [0.1, 0.15) is 63.5 Å². The molecule has 0 spiro atoms. The molecule has 1 atom stereocenters. The predicted octanol–water partition coefficient (Wildman–Crippen LogP) is 4.94. The molecule has 0 bridgehead atoms. The molecule has 0 heterocycles. The minimum Gasteiger partial charge on any atom is -0.313 e.